The number of fused-ring (bicyclic) bond motifs is 2. The number of amides is 1. The molecule has 3 aliphatic rings. The summed E-state index contributed by atoms with van der Waals surface area (Å²) in [5, 5.41) is 20.9. The number of hydrogen-bond acceptors (Lipinski definition) is 8. The van der Waals surface area contributed by atoms with Crippen molar-refractivity contribution < 1.29 is 32.3 Å². The third-order valence-electron chi connectivity index (χ3n) is 9.34. The maximum atomic E-state index is 15.6. The lowest BCUT2D eigenvalue weighted by Crippen LogP contribution is -2.60. The number of nitrogens with zero attached hydrogens (tertiary/aromatic N) is 6. The summed E-state index contributed by atoms with van der Waals surface area (Å²) in [4.78, 5) is 33.8. The number of imidazole rings is 1. The fraction of sp³-hybridized carbons (Fsp3) is 0.364. The second kappa shape index (κ2) is 12.9. The van der Waals surface area contributed by atoms with E-state index in [1.54, 1.807) is 34.8 Å². The van der Waals surface area contributed by atoms with Crippen molar-refractivity contribution in [3.8, 4) is 11.1 Å². The largest absolute Gasteiger partial charge is 0.490 e. The molecule has 2 aromatic carbocycles. The fourth-order valence-electron chi connectivity index (χ4n) is 6.84. The van der Waals surface area contributed by atoms with Crippen molar-refractivity contribution in [1.29, 1.82) is 0 Å². The van der Waals surface area contributed by atoms with Crippen LogP contribution in [0.25, 0.3) is 22.0 Å². The number of halogens is 4. The molecule has 1 amide bonds. The van der Waals surface area contributed by atoms with Gasteiger partial charge in [0.05, 0.1) is 22.9 Å². The molecule has 1 unspecified atom stereocenters. The van der Waals surface area contributed by atoms with Gasteiger partial charge >= 0.3 is 12.1 Å². The van der Waals surface area contributed by atoms with Gasteiger partial charge < -0.3 is 19.9 Å². The molecule has 3 aromatic heterocycles. The zero-order chi connectivity index (χ0) is 34.3. The van der Waals surface area contributed by atoms with Crippen LogP contribution in [0.1, 0.15) is 36.7 Å². The summed E-state index contributed by atoms with van der Waals surface area (Å²) in [5.41, 5.74) is 5.50. The zero-order valence-electron chi connectivity index (χ0n) is 26.1. The molecule has 3 N–H and O–H groups in total. The molecular weight excluding hydrogens is 664 g/mol. The van der Waals surface area contributed by atoms with Gasteiger partial charge in [-0.1, -0.05) is 12.1 Å². The van der Waals surface area contributed by atoms with Gasteiger partial charge in [0.1, 0.15) is 5.82 Å². The highest BCUT2D eigenvalue weighted by Gasteiger charge is 2.43. The molecule has 6 heterocycles. The Morgan fingerprint density at radius 3 is 2.47 bits per heavy atom. The minimum Gasteiger partial charge on any atom is -0.475 e. The van der Waals surface area contributed by atoms with E-state index in [4.69, 9.17) is 15.0 Å². The maximum absolute atomic E-state index is 15.6. The standard InChI is InChI=1S/C31H31FN8OS.C2HF3O2/c32-24-14-21(20-3-5-22(6-4-20)39-17-31(18-39)7-9-33-10-8-31)15-25-23(24)16-40(37-25)28(29(41)36-30-34-11-13-42-30)27-26-2-1-12-38(26)19-35-27;3-2(4,5)1(6)7/h3-6,11,13-16,19,28,33H,1-2,7-10,12,17-18H2,(H,34,36,41);(H,6,7). The Labute approximate surface area is 281 Å². The molecule has 256 valence electrons. The van der Waals surface area contributed by atoms with E-state index in [1.807, 2.05) is 6.07 Å². The number of carboxylic acids is 1. The van der Waals surface area contributed by atoms with E-state index >= 15 is 4.39 Å². The minimum absolute atomic E-state index is 0.306. The van der Waals surface area contributed by atoms with Crippen LogP contribution in [0.5, 0.6) is 0 Å². The van der Waals surface area contributed by atoms with Crippen LogP contribution in [-0.4, -0.2) is 73.7 Å². The van der Waals surface area contributed by atoms with Gasteiger partial charge in [-0.3, -0.25) is 14.8 Å². The van der Waals surface area contributed by atoms with Crippen LogP contribution in [0.3, 0.4) is 0 Å². The highest BCUT2D eigenvalue weighted by molar-refractivity contribution is 7.13. The minimum atomic E-state index is -5.08. The van der Waals surface area contributed by atoms with E-state index in [1.165, 1.54) is 29.9 Å². The van der Waals surface area contributed by atoms with Crippen molar-refractivity contribution >= 4 is 44.9 Å². The van der Waals surface area contributed by atoms with Crippen molar-refractivity contribution in [1.82, 2.24) is 29.6 Å². The van der Waals surface area contributed by atoms with E-state index in [0.717, 1.165) is 62.4 Å². The summed E-state index contributed by atoms with van der Waals surface area (Å²) in [7, 11) is 0. The fourth-order valence-corrected chi connectivity index (χ4v) is 7.38. The Kier molecular flexibility index (Phi) is 8.60. The highest BCUT2D eigenvalue weighted by atomic mass is 32.1. The van der Waals surface area contributed by atoms with Crippen LogP contribution in [0.2, 0.25) is 0 Å². The molecule has 49 heavy (non-hydrogen) atoms. The quantitative estimate of drug-likeness (QED) is 0.199. The third-order valence-corrected chi connectivity index (χ3v) is 10.0. The Morgan fingerprint density at radius 1 is 1.06 bits per heavy atom. The molecule has 0 aliphatic carbocycles. The monoisotopic (exact) mass is 696 g/mol. The molecule has 11 nitrogen and oxygen atoms in total. The molecule has 16 heteroatoms. The number of nitrogens with one attached hydrogen (secondary N) is 2. The lowest BCUT2D eigenvalue weighted by atomic mass is 9.72. The van der Waals surface area contributed by atoms with E-state index in [-0.39, 0.29) is 11.7 Å². The number of rotatable bonds is 6. The lowest BCUT2D eigenvalue weighted by molar-refractivity contribution is -0.192. The van der Waals surface area contributed by atoms with Crippen molar-refractivity contribution in [2.75, 3.05) is 36.4 Å². The molecule has 3 aliphatic heterocycles. The molecule has 2 fully saturated rings. The van der Waals surface area contributed by atoms with Gasteiger partial charge in [-0.25, -0.2) is 19.2 Å². The van der Waals surface area contributed by atoms with Gasteiger partial charge in [0.15, 0.2) is 11.2 Å². The summed E-state index contributed by atoms with van der Waals surface area (Å²) in [6.07, 6.45) is 4.27. The maximum Gasteiger partial charge on any atom is 0.490 e. The summed E-state index contributed by atoms with van der Waals surface area (Å²) in [5.74, 6) is -3.44. The van der Waals surface area contributed by atoms with Gasteiger partial charge in [-0.15, -0.1) is 11.3 Å². The van der Waals surface area contributed by atoms with Gasteiger partial charge in [0.25, 0.3) is 5.91 Å². The lowest BCUT2D eigenvalue weighted by Gasteiger charge is -2.53. The number of carbonyl (C=O) groups is 2. The van der Waals surface area contributed by atoms with E-state index in [0.29, 0.717) is 27.1 Å². The van der Waals surface area contributed by atoms with Gasteiger partial charge in [0.2, 0.25) is 0 Å². The first-order chi connectivity index (χ1) is 23.5. The number of anilines is 2. The normalized spacial score (nSPS) is 17.3. The first-order valence-corrected chi connectivity index (χ1v) is 16.7. The predicted molar refractivity (Wildman–Crippen MR) is 175 cm³/mol. The van der Waals surface area contributed by atoms with E-state index in [2.05, 4.69) is 54.3 Å². The SMILES string of the molecule is O=C(Nc1nccs1)C(c1ncn2c1CCC2)n1cc2c(F)cc(-c3ccc(N4CC5(CCNCC5)C4)cc3)cc2n1.O=C(O)C(F)(F)F. The number of hydrogen-bond donors (Lipinski definition) is 3. The Bertz CT molecular complexity index is 1980. The molecule has 0 bridgehead atoms. The van der Waals surface area contributed by atoms with Gasteiger partial charge in [-0.05, 0) is 74.2 Å². The number of aromatic nitrogens is 5. The first kappa shape index (κ1) is 32.7. The molecule has 2 saturated heterocycles. The first-order valence-electron chi connectivity index (χ1n) is 15.8. The predicted octanol–water partition coefficient (Wildman–Crippen LogP) is 5.49. The second-order valence-corrected chi connectivity index (χ2v) is 13.5. The smallest absolute Gasteiger partial charge is 0.475 e. The Balaban J connectivity index is 0.000000491. The second-order valence-electron chi connectivity index (χ2n) is 12.6. The molecular formula is C33H32F4N8O3S. The number of alkyl halides is 3. The van der Waals surface area contributed by atoms with Crippen molar-refractivity contribution in [2.24, 2.45) is 5.41 Å². The number of aryl methyl sites for hydroxylation is 1. The number of piperidine rings is 1. The van der Waals surface area contributed by atoms with Crippen LogP contribution in [0.15, 0.2) is 60.5 Å². The molecule has 1 spiro atoms. The van der Waals surface area contributed by atoms with Gasteiger partial charge in [-0.2, -0.15) is 18.3 Å². The van der Waals surface area contributed by atoms with Crippen LogP contribution < -0.4 is 15.5 Å². The number of carboxylic acid groups (broad SMARTS) is 1. The Morgan fingerprint density at radius 2 is 1.80 bits per heavy atom. The molecule has 0 saturated carbocycles. The summed E-state index contributed by atoms with van der Waals surface area (Å²) >= 11 is 1.34. The Hall–Kier alpha value is -4.83. The number of carbonyl (C=O) groups excluding carboxylic acids is 1. The van der Waals surface area contributed by atoms with E-state index < -0.39 is 18.2 Å². The number of thiazole rings is 1. The van der Waals surface area contributed by atoms with Gasteiger partial charge in [0, 0.05) is 54.2 Å². The summed E-state index contributed by atoms with van der Waals surface area (Å²) in [6.45, 7) is 5.29. The third kappa shape index (κ3) is 6.62. The van der Waals surface area contributed by atoms with Crippen molar-refractivity contribution in [2.45, 2.75) is 44.4 Å². The van der Waals surface area contributed by atoms with Crippen molar-refractivity contribution in [3.63, 3.8) is 0 Å². The number of aliphatic carboxylic acids is 1. The van der Waals surface area contributed by atoms with Crippen LogP contribution in [0, 0.1) is 11.2 Å². The average molecular weight is 697 g/mol. The number of benzene rings is 2. The zero-order valence-corrected chi connectivity index (χ0v) is 26.9. The summed E-state index contributed by atoms with van der Waals surface area (Å²) in [6, 6.07) is 11.0. The van der Waals surface area contributed by atoms with Crippen molar-refractivity contribution in [3.05, 3.63) is 77.7 Å². The molecule has 1 atom stereocenters. The van der Waals surface area contributed by atoms with Crippen LogP contribution >= 0.6 is 11.3 Å². The molecule has 0 radical (unpaired) electrons. The molecule has 8 rings (SSSR count). The highest BCUT2D eigenvalue weighted by Crippen LogP contribution is 2.41. The van der Waals surface area contributed by atoms with E-state index in [9.17, 15) is 18.0 Å². The topological polar surface area (TPSA) is 130 Å². The van der Waals surface area contributed by atoms with Crippen LogP contribution in [-0.2, 0) is 22.6 Å². The average Bonchev–Trinajstić information content (AvgIpc) is 3.87. The molecule has 5 aromatic rings. The summed E-state index contributed by atoms with van der Waals surface area (Å²) < 4.78 is 50.9. The van der Waals surface area contributed by atoms with Crippen LogP contribution in [0.4, 0.5) is 28.4 Å².